The smallest absolute Gasteiger partial charge is 0.272 e. The van der Waals surface area contributed by atoms with E-state index in [2.05, 4.69) is 4.98 Å². The molecule has 0 saturated carbocycles. The molecule has 4 N–H and O–H groups in total. The predicted molar refractivity (Wildman–Crippen MR) is 88.9 cm³/mol. The van der Waals surface area contributed by atoms with Crippen LogP contribution in [0.15, 0.2) is 36.4 Å². The summed E-state index contributed by atoms with van der Waals surface area (Å²) in [5, 5.41) is 0. The highest BCUT2D eigenvalue weighted by molar-refractivity contribution is 6.01. The van der Waals surface area contributed by atoms with E-state index in [0.717, 1.165) is 11.1 Å². The average molecular weight is 312 g/mol. The molecule has 0 fully saturated rings. The third kappa shape index (κ3) is 2.85. The molecular formula is C17H20N4O2. The molecule has 1 aromatic carbocycles. The Balaban J connectivity index is 1.98. The Kier molecular flexibility index (Phi) is 3.69. The van der Waals surface area contributed by atoms with Crippen LogP contribution in [0, 0.1) is 0 Å². The lowest BCUT2D eigenvalue weighted by atomic mass is 10.0. The number of hydrogen-bond donors (Lipinski definition) is 2. The fourth-order valence-corrected chi connectivity index (χ4v) is 2.57. The molecule has 6 nitrogen and oxygen atoms in total. The molecule has 1 aliphatic heterocycles. The summed E-state index contributed by atoms with van der Waals surface area (Å²) in [7, 11) is 0. The van der Waals surface area contributed by atoms with Crippen LogP contribution in [0.25, 0.3) is 0 Å². The molecule has 2 aromatic rings. The number of benzene rings is 1. The monoisotopic (exact) mass is 312 g/mol. The summed E-state index contributed by atoms with van der Waals surface area (Å²) in [6.07, 6.45) is 0. The van der Waals surface area contributed by atoms with Crippen molar-refractivity contribution in [3.8, 4) is 5.75 Å². The first-order valence-electron chi connectivity index (χ1n) is 7.46. The molecule has 0 aliphatic carbocycles. The minimum Gasteiger partial charge on any atom is -0.474 e. The van der Waals surface area contributed by atoms with Crippen LogP contribution in [-0.4, -0.2) is 16.5 Å². The molecule has 0 bridgehead atoms. The van der Waals surface area contributed by atoms with Gasteiger partial charge in [0.1, 0.15) is 5.82 Å². The van der Waals surface area contributed by atoms with Crippen molar-refractivity contribution in [3.05, 3.63) is 47.5 Å². The van der Waals surface area contributed by atoms with Crippen LogP contribution in [0.4, 0.5) is 11.6 Å². The maximum atomic E-state index is 12.7. The van der Waals surface area contributed by atoms with Crippen LogP contribution < -0.4 is 21.1 Å². The van der Waals surface area contributed by atoms with Crippen molar-refractivity contribution in [1.82, 2.24) is 4.98 Å². The maximum absolute atomic E-state index is 12.7. The molecule has 0 saturated heterocycles. The quantitative estimate of drug-likeness (QED) is 0.901. The van der Waals surface area contributed by atoms with Crippen LogP contribution in [0.3, 0.4) is 0 Å². The summed E-state index contributed by atoms with van der Waals surface area (Å²) in [6, 6.07) is 11.3. The Morgan fingerprint density at radius 3 is 2.43 bits per heavy atom. The average Bonchev–Trinajstić information content (AvgIpc) is 2.53. The molecule has 0 atom stereocenters. The molecule has 6 heteroatoms. The zero-order valence-electron chi connectivity index (χ0n) is 13.2. The van der Waals surface area contributed by atoms with Crippen molar-refractivity contribution in [1.29, 1.82) is 0 Å². The number of anilines is 2. The van der Waals surface area contributed by atoms with Gasteiger partial charge in [-0.2, -0.15) is 0 Å². The van der Waals surface area contributed by atoms with Gasteiger partial charge in [0.05, 0.1) is 6.54 Å². The number of rotatable bonds is 3. The summed E-state index contributed by atoms with van der Waals surface area (Å²) < 4.78 is 5.77. The number of nitrogen functional groups attached to an aromatic ring is 1. The number of nitrogens with two attached hydrogens (primary N) is 2. The zero-order valence-corrected chi connectivity index (χ0v) is 13.2. The molecule has 120 valence electrons. The van der Waals surface area contributed by atoms with Crippen LogP contribution in [0.1, 0.15) is 25.0 Å². The Hall–Kier alpha value is -2.60. The highest BCUT2D eigenvalue weighted by Gasteiger charge is 2.41. The van der Waals surface area contributed by atoms with Gasteiger partial charge in [-0.25, -0.2) is 4.98 Å². The molecule has 1 aromatic heterocycles. The zero-order chi connectivity index (χ0) is 16.6. The summed E-state index contributed by atoms with van der Waals surface area (Å²) in [6.45, 7) is 4.39. The Morgan fingerprint density at radius 2 is 1.78 bits per heavy atom. The molecule has 1 amide bonds. The van der Waals surface area contributed by atoms with Crippen molar-refractivity contribution in [2.45, 2.75) is 32.5 Å². The summed E-state index contributed by atoms with van der Waals surface area (Å²) in [5.41, 5.74) is 12.5. The van der Waals surface area contributed by atoms with Gasteiger partial charge < -0.3 is 16.2 Å². The molecule has 1 aliphatic rings. The van der Waals surface area contributed by atoms with Gasteiger partial charge >= 0.3 is 0 Å². The lowest BCUT2D eigenvalue weighted by Crippen LogP contribution is -2.52. The highest BCUT2D eigenvalue weighted by Crippen LogP contribution is 2.37. The Morgan fingerprint density at radius 1 is 1.13 bits per heavy atom. The summed E-state index contributed by atoms with van der Waals surface area (Å²) >= 11 is 0. The van der Waals surface area contributed by atoms with Crippen LogP contribution in [0.2, 0.25) is 0 Å². The number of amides is 1. The largest absolute Gasteiger partial charge is 0.474 e. The van der Waals surface area contributed by atoms with Gasteiger partial charge in [0.15, 0.2) is 17.2 Å². The van der Waals surface area contributed by atoms with Gasteiger partial charge in [0, 0.05) is 6.54 Å². The fraction of sp³-hybridized carbons (Fsp3) is 0.294. The minimum atomic E-state index is -0.942. The second-order valence-electron chi connectivity index (χ2n) is 6.08. The minimum absolute atomic E-state index is 0.147. The topological polar surface area (TPSA) is 94.5 Å². The Bertz CT molecular complexity index is 741. The van der Waals surface area contributed by atoms with Gasteiger partial charge in [-0.05, 0) is 37.1 Å². The highest BCUT2D eigenvalue weighted by atomic mass is 16.5. The summed E-state index contributed by atoms with van der Waals surface area (Å²) in [5.74, 6) is 1.22. The number of carbonyl (C=O) groups is 1. The lowest BCUT2D eigenvalue weighted by Gasteiger charge is -2.38. The van der Waals surface area contributed by atoms with E-state index in [-0.39, 0.29) is 5.91 Å². The van der Waals surface area contributed by atoms with Crippen molar-refractivity contribution in [2.75, 3.05) is 10.6 Å². The number of hydrogen-bond acceptors (Lipinski definition) is 5. The van der Waals surface area contributed by atoms with E-state index in [0.29, 0.717) is 30.5 Å². The molecule has 0 spiro atoms. The second kappa shape index (κ2) is 5.55. The third-order valence-corrected chi connectivity index (χ3v) is 3.84. The number of ether oxygens (including phenoxy) is 1. The van der Waals surface area contributed by atoms with Crippen molar-refractivity contribution in [3.63, 3.8) is 0 Å². The van der Waals surface area contributed by atoms with Gasteiger partial charge in [-0.1, -0.05) is 24.3 Å². The van der Waals surface area contributed by atoms with E-state index in [1.165, 1.54) is 0 Å². The Labute approximate surface area is 135 Å². The number of carbonyl (C=O) groups excluding carboxylic acids is 1. The van der Waals surface area contributed by atoms with Gasteiger partial charge in [0.25, 0.3) is 5.91 Å². The van der Waals surface area contributed by atoms with E-state index in [1.807, 2.05) is 24.3 Å². The van der Waals surface area contributed by atoms with Gasteiger partial charge in [0.2, 0.25) is 0 Å². The van der Waals surface area contributed by atoms with E-state index in [1.54, 1.807) is 30.9 Å². The first-order valence-corrected chi connectivity index (χ1v) is 7.46. The maximum Gasteiger partial charge on any atom is 0.272 e. The van der Waals surface area contributed by atoms with Gasteiger partial charge in [-0.3, -0.25) is 9.69 Å². The van der Waals surface area contributed by atoms with Crippen molar-refractivity contribution >= 4 is 17.5 Å². The van der Waals surface area contributed by atoms with Crippen LogP contribution in [0.5, 0.6) is 5.75 Å². The first kappa shape index (κ1) is 15.3. The van der Waals surface area contributed by atoms with E-state index >= 15 is 0 Å². The van der Waals surface area contributed by atoms with Crippen molar-refractivity contribution in [2.24, 2.45) is 5.73 Å². The molecule has 0 radical (unpaired) electrons. The fourth-order valence-electron chi connectivity index (χ4n) is 2.57. The normalized spacial score (nSPS) is 16.0. The first-order chi connectivity index (χ1) is 10.9. The van der Waals surface area contributed by atoms with Gasteiger partial charge in [-0.15, -0.1) is 0 Å². The van der Waals surface area contributed by atoms with Crippen LogP contribution in [-0.2, 0) is 17.9 Å². The molecule has 0 unspecified atom stereocenters. The number of fused-ring (bicyclic) bond motifs is 1. The number of aromatic nitrogens is 1. The molecular weight excluding hydrogens is 292 g/mol. The molecule has 3 rings (SSSR count). The van der Waals surface area contributed by atoms with Crippen LogP contribution >= 0.6 is 0 Å². The molecule has 2 heterocycles. The third-order valence-electron chi connectivity index (χ3n) is 3.84. The molecule has 23 heavy (non-hydrogen) atoms. The van der Waals surface area contributed by atoms with Crippen molar-refractivity contribution < 1.29 is 9.53 Å². The van der Waals surface area contributed by atoms with E-state index in [4.69, 9.17) is 16.2 Å². The number of nitrogens with zero attached hydrogens (tertiary/aromatic N) is 2. The standard InChI is InChI=1S/C17H20N4O2/c1-17(2)16(22)21(10-12-5-3-11(9-18)4-6-12)15-13(23-17)7-8-14(19)20-15/h3-8H,9-10,18H2,1-2H3,(H2,19,20). The summed E-state index contributed by atoms with van der Waals surface area (Å²) in [4.78, 5) is 18.6. The lowest BCUT2D eigenvalue weighted by molar-refractivity contribution is -0.132. The predicted octanol–water partition coefficient (Wildman–Crippen LogP) is 1.83. The SMILES string of the molecule is CC1(C)Oc2ccc(N)nc2N(Cc2ccc(CN)cc2)C1=O. The number of pyridine rings is 1. The second-order valence-corrected chi connectivity index (χ2v) is 6.08. The van der Waals surface area contributed by atoms with E-state index in [9.17, 15) is 4.79 Å². The van der Waals surface area contributed by atoms with E-state index < -0.39 is 5.60 Å².